The molecule has 55 valence electrons. The van der Waals surface area contributed by atoms with Gasteiger partial charge in [-0.05, 0) is 25.2 Å². The van der Waals surface area contributed by atoms with E-state index >= 15 is 0 Å². The normalized spacial score (nSPS) is 13.7. The van der Waals surface area contributed by atoms with Crippen molar-refractivity contribution < 1.29 is 10.2 Å². The first kappa shape index (κ1) is 8.92. The second-order valence-corrected chi connectivity index (χ2v) is 2.24. The molecule has 0 spiro atoms. The van der Waals surface area contributed by atoms with E-state index in [4.69, 9.17) is 10.2 Å². The second-order valence-electron chi connectivity index (χ2n) is 2.24. The molecule has 0 saturated heterocycles. The first-order valence-electron chi connectivity index (χ1n) is 3.36. The Balaban J connectivity index is 2.95. The zero-order valence-corrected chi connectivity index (χ0v) is 5.88. The van der Waals surface area contributed by atoms with Gasteiger partial charge in [-0.2, -0.15) is 0 Å². The third-order valence-electron chi connectivity index (χ3n) is 1.28. The topological polar surface area (TPSA) is 40.5 Å². The summed E-state index contributed by atoms with van der Waals surface area (Å²) in [7, 11) is 0. The summed E-state index contributed by atoms with van der Waals surface area (Å²) in [4.78, 5) is 0. The average Bonchev–Trinajstić information content (AvgIpc) is 1.85. The molecule has 0 aliphatic rings. The van der Waals surface area contributed by atoms with Crippen molar-refractivity contribution >= 4 is 0 Å². The van der Waals surface area contributed by atoms with Crippen LogP contribution in [0.15, 0.2) is 0 Å². The number of rotatable bonds is 5. The van der Waals surface area contributed by atoms with Crippen LogP contribution in [0.5, 0.6) is 0 Å². The molecular formula is C7H15O2. The molecule has 2 N–H and O–H groups in total. The van der Waals surface area contributed by atoms with Crippen molar-refractivity contribution in [1.29, 1.82) is 0 Å². The van der Waals surface area contributed by atoms with Crippen molar-refractivity contribution in [3.63, 3.8) is 0 Å². The van der Waals surface area contributed by atoms with Gasteiger partial charge in [0.25, 0.3) is 0 Å². The molecule has 9 heavy (non-hydrogen) atoms. The number of hydrogen-bond acceptors (Lipinski definition) is 2. The van der Waals surface area contributed by atoms with Crippen molar-refractivity contribution in [3.05, 3.63) is 6.42 Å². The van der Waals surface area contributed by atoms with Crippen molar-refractivity contribution in [1.82, 2.24) is 0 Å². The lowest BCUT2D eigenvalue weighted by Crippen LogP contribution is -1.99. The van der Waals surface area contributed by atoms with Gasteiger partial charge in [-0.15, -0.1) is 0 Å². The van der Waals surface area contributed by atoms with Crippen LogP contribution in [0.2, 0.25) is 0 Å². The Labute approximate surface area is 56.5 Å². The van der Waals surface area contributed by atoms with E-state index in [1.807, 2.05) is 13.3 Å². The van der Waals surface area contributed by atoms with Gasteiger partial charge in [0, 0.05) is 13.2 Å². The van der Waals surface area contributed by atoms with Crippen LogP contribution in [0.1, 0.15) is 19.8 Å². The lowest BCUT2D eigenvalue weighted by atomic mass is 10.0. The minimum Gasteiger partial charge on any atom is -0.396 e. The van der Waals surface area contributed by atoms with E-state index in [1.165, 1.54) is 0 Å². The van der Waals surface area contributed by atoms with E-state index in [1.54, 1.807) is 0 Å². The Morgan fingerprint density at radius 2 is 2.00 bits per heavy atom. The largest absolute Gasteiger partial charge is 0.396 e. The molecule has 0 aliphatic carbocycles. The van der Waals surface area contributed by atoms with Crippen LogP contribution in [-0.2, 0) is 0 Å². The molecule has 2 heteroatoms. The molecule has 2 nitrogen and oxygen atoms in total. The molecule has 1 atom stereocenters. The van der Waals surface area contributed by atoms with Crippen molar-refractivity contribution in [2.24, 2.45) is 5.92 Å². The van der Waals surface area contributed by atoms with Gasteiger partial charge < -0.3 is 10.2 Å². The van der Waals surface area contributed by atoms with Gasteiger partial charge >= 0.3 is 0 Å². The van der Waals surface area contributed by atoms with Crippen LogP contribution in [0.4, 0.5) is 0 Å². The summed E-state index contributed by atoms with van der Waals surface area (Å²) >= 11 is 0. The standard InChI is InChI=1S/C7H15O2/c1-7(4-6-9)3-2-5-8/h3,7-9H,2,4-6H2,1H3. The second kappa shape index (κ2) is 6.05. The number of hydrogen-bond donors (Lipinski definition) is 2. The van der Waals surface area contributed by atoms with Gasteiger partial charge in [0.05, 0.1) is 0 Å². The highest BCUT2D eigenvalue weighted by Gasteiger charge is 1.98. The molecule has 0 saturated carbocycles. The van der Waals surface area contributed by atoms with Crippen LogP contribution < -0.4 is 0 Å². The Morgan fingerprint density at radius 3 is 2.44 bits per heavy atom. The molecule has 0 fully saturated rings. The van der Waals surface area contributed by atoms with E-state index in [-0.39, 0.29) is 13.2 Å². The minimum atomic E-state index is 0.218. The Morgan fingerprint density at radius 1 is 1.33 bits per heavy atom. The fraction of sp³-hybridized carbons (Fsp3) is 0.857. The van der Waals surface area contributed by atoms with Crippen molar-refractivity contribution in [2.75, 3.05) is 13.2 Å². The maximum atomic E-state index is 8.45. The summed E-state index contributed by atoms with van der Waals surface area (Å²) in [5, 5.41) is 16.8. The molecule has 0 aromatic rings. The molecule has 0 heterocycles. The van der Waals surface area contributed by atoms with E-state index in [2.05, 4.69) is 0 Å². The summed E-state index contributed by atoms with van der Waals surface area (Å²) in [6.45, 7) is 2.49. The minimum absolute atomic E-state index is 0.218. The van der Waals surface area contributed by atoms with Gasteiger partial charge in [-0.25, -0.2) is 0 Å². The Bertz CT molecular complexity index is 54.9. The zero-order chi connectivity index (χ0) is 7.11. The molecular weight excluding hydrogens is 116 g/mol. The Kier molecular flexibility index (Phi) is 5.99. The van der Waals surface area contributed by atoms with Crippen molar-refractivity contribution in [2.45, 2.75) is 19.8 Å². The highest BCUT2D eigenvalue weighted by Crippen LogP contribution is 2.06. The molecule has 0 aliphatic heterocycles. The van der Waals surface area contributed by atoms with E-state index in [0.717, 1.165) is 12.8 Å². The van der Waals surface area contributed by atoms with Crippen LogP contribution in [0, 0.1) is 12.3 Å². The summed E-state index contributed by atoms with van der Waals surface area (Å²) in [6.07, 6.45) is 3.57. The van der Waals surface area contributed by atoms with Gasteiger partial charge in [0.15, 0.2) is 0 Å². The highest BCUT2D eigenvalue weighted by molar-refractivity contribution is 4.71. The smallest absolute Gasteiger partial charge is 0.0433 e. The van der Waals surface area contributed by atoms with Gasteiger partial charge in [-0.3, -0.25) is 0 Å². The lowest BCUT2D eigenvalue weighted by Gasteiger charge is -2.05. The van der Waals surface area contributed by atoms with Gasteiger partial charge in [0.2, 0.25) is 0 Å². The van der Waals surface area contributed by atoms with Crippen LogP contribution >= 0.6 is 0 Å². The first-order chi connectivity index (χ1) is 4.31. The monoisotopic (exact) mass is 131 g/mol. The maximum absolute atomic E-state index is 8.45. The predicted molar refractivity (Wildman–Crippen MR) is 36.9 cm³/mol. The van der Waals surface area contributed by atoms with Crippen LogP contribution in [0.3, 0.4) is 0 Å². The molecule has 0 aromatic heterocycles. The maximum Gasteiger partial charge on any atom is 0.0433 e. The van der Waals surface area contributed by atoms with Gasteiger partial charge in [0.1, 0.15) is 0 Å². The summed E-state index contributed by atoms with van der Waals surface area (Å²) in [6, 6.07) is 0. The first-order valence-corrected chi connectivity index (χ1v) is 3.36. The third-order valence-corrected chi connectivity index (χ3v) is 1.28. The van der Waals surface area contributed by atoms with Gasteiger partial charge in [-0.1, -0.05) is 6.92 Å². The molecule has 1 unspecified atom stereocenters. The molecule has 0 rings (SSSR count). The fourth-order valence-electron chi connectivity index (χ4n) is 0.681. The van der Waals surface area contributed by atoms with Crippen molar-refractivity contribution in [3.8, 4) is 0 Å². The van der Waals surface area contributed by atoms with E-state index < -0.39 is 0 Å². The van der Waals surface area contributed by atoms with Crippen LogP contribution in [0.25, 0.3) is 0 Å². The molecule has 0 aromatic carbocycles. The Hall–Kier alpha value is -0.0800. The van der Waals surface area contributed by atoms with E-state index in [0.29, 0.717) is 5.92 Å². The molecule has 1 radical (unpaired) electrons. The highest BCUT2D eigenvalue weighted by atomic mass is 16.3. The summed E-state index contributed by atoms with van der Waals surface area (Å²) in [5.41, 5.74) is 0. The SMILES string of the molecule is CC([CH]CCO)CCO. The number of aliphatic hydroxyl groups excluding tert-OH is 2. The number of aliphatic hydroxyl groups is 2. The fourth-order valence-corrected chi connectivity index (χ4v) is 0.681. The molecule has 0 bridgehead atoms. The van der Waals surface area contributed by atoms with E-state index in [9.17, 15) is 0 Å². The lowest BCUT2D eigenvalue weighted by molar-refractivity contribution is 0.260. The summed E-state index contributed by atoms with van der Waals surface area (Å²) < 4.78 is 0. The average molecular weight is 131 g/mol. The summed E-state index contributed by atoms with van der Waals surface area (Å²) in [5.74, 6) is 0.433. The zero-order valence-electron chi connectivity index (χ0n) is 5.88. The van der Waals surface area contributed by atoms with Crippen LogP contribution in [-0.4, -0.2) is 23.4 Å². The third kappa shape index (κ3) is 5.80. The quantitative estimate of drug-likeness (QED) is 0.573. The predicted octanol–water partition coefficient (Wildman–Crippen LogP) is 0.592. The molecule has 0 amide bonds.